The fourth-order valence-corrected chi connectivity index (χ4v) is 6.65. The Balaban J connectivity index is 1.51. The third kappa shape index (κ3) is 5.14. The Morgan fingerprint density at radius 3 is 1.50 bits per heavy atom. The van der Waals surface area contributed by atoms with Crippen LogP contribution in [0.15, 0.2) is 140 Å². The van der Waals surface area contributed by atoms with Gasteiger partial charge in [-0.05, 0) is 38.9 Å². The lowest BCUT2D eigenvalue weighted by Crippen LogP contribution is -2.58. The van der Waals surface area contributed by atoms with Crippen molar-refractivity contribution >= 4 is 12.0 Å². The number of rotatable bonds is 10. The van der Waals surface area contributed by atoms with Crippen LogP contribution in [0.4, 0.5) is 4.79 Å². The second-order valence-corrected chi connectivity index (χ2v) is 11.0. The van der Waals surface area contributed by atoms with E-state index >= 15 is 0 Å². The summed E-state index contributed by atoms with van der Waals surface area (Å²) < 4.78 is 6.26. The summed E-state index contributed by atoms with van der Waals surface area (Å²) >= 11 is 0. The van der Waals surface area contributed by atoms with E-state index in [1.165, 1.54) is 4.90 Å². The maximum absolute atomic E-state index is 14.7. The third-order valence-corrected chi connectivity index (χ3v) is 8.48. The Kier molecular flexibility index (Phi) is 8.26. The number of nitrogens with two attached hydrogens (primary N) is 1. The van der Waals surface area contributed by atoms with Gasteiger partial charge in [0.05, 0.1) is 12.6 Å². The van der Waals surface area contributed by atoms with Crippen molar-refractivity contribution in [2.45, 2.75) is 23.9 Å². The zero-order chi connectivity index (χ0) is 30.5. The molecule has 5 aromatic carbocycles. The number of fused-ring (bicyclic) bond motifs is 3. The van der Waals surface area contributed by atoms with Gasteiger partial charge in [-0.1, -0.05) is 140 Å². The first-order valence-corrected chi connectivity index (χ1v) is 14.8. The van der Waals surface area contributed by atoms with E-state index in [9.17, 15) is 14.7 Å². The fourth-order valence-electron chi connectivity index (χ4n) is 6.65. The van der Waals surface area contributed by atoms with E-state index < -0.39 is 30.2 Å². The molecule has 0 aromatic heterocycles. The largest absolute Gasteiger partial charge is 0.448 e. The zero-order valence-electron chi connectivity index (χ0n) is 24.3. The number of hydrogen-bond acceptors (Lipinski definition) is 4. The van der Waals surface area contributed by atoms with Crippen LogP contribution in [0.3, 0.4) is 0 Å². The van der Waals surface area contributed by atoms with Crippen LogP contribution in [0.1, 0.15) is 40.2 Å². The molecular weight excluding hydrogens is 548 g/mol. The average molecular weight is 583 g/mol. The number of nitrogens with zero attached hydrogens (tertiary/aromatic N) is 1. The molecule has 5 aromatic rings. The van der Waals surface area contributed by atoms with Gasteiger partial charge in [0.25, 0.3) is 0 Å². The van der Waals surface area contributed by atoms with Crippen molar-refractivity contribution in [3.63, 3.8) is 0 Å². The van der Waals surface area contributed by atoms with Crippen molar-refractivity contribution in [1.29, 1.82) is 0 Å². The summed E-state index contributed by atoms with van der Waals surface area (Å²) in [6, 6.07) is 44.2. The first kappa shape index (κ1) is 28.9. The Bertz CT molecular complexity index is 1600. The lowest BCUT2D eigenvalue weighted by molar-refractivity contribution is -0.119. The predicted octanol–water partition coefficient (Wildman–Crippen LogP) is 6.47. The van der Waals surface area contributed by atoms with Crippen molar-refractivity contribution in [3.05, 3.63) is 167 Å². The first-order valence-electron chi connectivity index (χ1n) is 14.8. The van der Waals surface area contributed by atoms with Gasteiger partial charge in [-0.2, -0.15) is 0 Å². The highest BCUT2D eigenvalue weighted by molar-refractivity contribution is 5.80. The van der Waals surface area contributed by atoms with Crippen molar-refractivity contribution < 1.29 is 19.4 Å². The predicted molar refractivity (Wildman–Crippen MR) is 171 cm³/mol. The Morgan fingerprint density at radius 1 is 0.682 bits per heavy atom. The number of ether oxygens (including phenoxy) is 1. The van der Waals surface area contributed by atoms with Gasteiger partial charge in [0.15, 0.2) is 0 Å². The van der Waals surface area contributed by atoms with Gasteiger partial charge in [0.1, 0.15) is 12.1 Å². The Labute approximate surface area is 257 Å². The van der Waals surface area contributed by atoms with Crippen LogP contribution in [-0.4, -0.2) is 41.3 Å². The lowest BCUT2D eigenvalue weighted by Gasteiger charge is -2.48. The molecule has 1 aliphatic rings. The minimum Gasteiger partial charge on any atom is -0.448 e. The second-order valence-electron chi connectivity index (χ2n) is 11.0. The normalized spacial score (nSPS) is 13.0. The number of aliphatic hydroxyl groups excluding tert-OH is 1. The Morgan fingerprint density at radius 2 is 1.09 bits per heavy atom. The molecule has 220 valence electrons. The minimum absolute atomic E-state index is 0.0759. The van der Waals surface area contributed by atoms with E-state index in [0.29, 0.717) is 0 Å². The van der Waals surface area contributed by atoms with Crippen molar-refractivity contribution in [1.82, 2.24) is 4.90 Å². The van der Waals surface area contributed by atoms with Crippen molar-refractivity contribution in [2.75, 3.05) is 13.2 Å². The van der Waals surface area contributed by atoms with E-state index in [0.717, 1.165) is 38.9 Å². The van der Waals surface area contributed by atoms with Crippen LogP contribution in [0.25, 0.3) is 11.1 Å². The van der Waals surface area contributed by atoms with Crippen LogP contribution in [0.2, 0.25) is 0 Å². The first-order chi connectivity index (χ1) is 21.6. The molecule has 44 heavy (non-hydrogen) atoms. The van der Waals surface area contributed by atoms with Gasteiger partial charge in [0.2, 0.25) is 5.91 Å². The molecular formula is C38H34N2O4. The standard InChI is InChI=1S/C38H34N2O4/c39-36(42)24-30(25-41)40(37(43)44-26-35-33-22-12-10-20-31(33)32-21-11-13-23-34(32)35)38(27-14-4-1-5-15-27,28-16-6-2-7-17-28)29-18-8-3-9-19-29/h1-23,30,35,41H,24-26H2,(H2,39,42)/t30-/m0/s1. The fraction of sp³-hybridized carbons (Fsp3) is 0.158. The quantitative estimate of drug-likeness (QED) is 0.185. The van der Waals surface area contributed by atoms with E-state index in [4.69, 9.17) is 10.5 Å². The number of carbonyl (C=O) groups excluding carboxylic acids is 2. The van der Waals surface area contributed by atoms with Crippen molar-refractivity contribution in [2.24, 2.45) is 5.73 Å². The minimum atomic E-state index is -1.27. The van der Waals surface area contributed by atoms with Gasteiger partial charge in [-0.15, -0.1) is 0 Å². The topological polar surface area (TPSA) is 92.9 Å². The highest BCUT2D eigenvalue weighted by atomic mass is 16.6. The highest BCUT2D eigenvalue weighted by Crippen LogP contribution is 2.46. The zero-order valence-corrected chi connectivity index (χ0v) is 24.3. The van der Waals surface area contributed by atoms with Crippen LogP contribution in [0.5, 0.6) is 0 Å². The van der Waals surface area contributed by atoms with Gasteiger partial charge in [0, 0.05) is 12.3 Å². The molecule has 0 unspecified atom stereocenters. The molecule has 1 atom stereocenters. The number of primary amides is 1. The molecule has 1 aliphatic carbocycles. The molecule has 0 saturated carbocycles. The van der Waals surface area contributed by atoms with Gasteiger partial charge in [-0.3, -0.25) is 9.69 Å². The van der Waals surface area contributed by atoms with E-state index in [-0.39, 0.29) is 18.9 Å². The molecule has 0 aliphatic heterocycles. The molecule has 0 radical (unpaired) electrons. The van der Waals surface area contributed by atoms with Gasteiger partial charge in [-0.25, -0.2) is 4.79 Å². The number of amides is 2. The molecule has 0 heterocycles. The summed E-state index contributed by atoms with van der Waals surface area (Å²) in [6.45, 7) is -0.423. The third-order valence-electron chi connectivity index (χ3n) is 8.48. The summed E-state index contributed by atoms with van der Waals surface area (Å²) in [5, 5.41) is 10.8. The molecule has 6 nitrogen and oxygen atoms in total. The number of benzene rings is 5. The summed E-state index contributed by atoms with van der Waals surface area (Å²) in [4.78, 5) is 28.6. The van der Waals surface area contributed by atoms with Crippen LogP contribution in [0, 0.1) is 0 Å². The molecule has 0 bridgehead atoms. The smallest absolute Gasteiger partial charge is 0.411 e. The molecule has 6 rings (SSSR count). The second kappa shape index (κ2) is 12.6. The average Bonchev–Trinajstić information content (AvgIpc) is 3.40. The van der Waals surface area contributed by atoms with E-state index in [2.05, 4.69) is 24.3 Å². The number of carbonyl (C=O) groups is 2. The molecule has 6 heteroatoms. The van der Waals surface area contributed by atoms with Crippen molar-refractivity contribution in [3.8, 4) is 11.1 Å². The number of aliphatic hydroxyl groups is 1. The van der Waals surface area contributed by atoms with Gasteiger partial charge < -0.3 is 15.6 Å². The summed E-state index contributed by atoms with van der Waals surface area (Å²) in [5.74, 6) is -0.805. The van der Waals surface area contributed by atoms with Crippen LogP contribution >= 0.6 is 0 Å². The van der Waals surface area contributed by atoms with E-state index in [1.807, 2.05) is 115 Å². The summed E-state index contributed by atoms with van der Waals surface area (Å²) in [5.41, 5.74) is 11.2. The molecule has 3 N–H and O–H groups in total. The van der Waals surface area contributed by atoms with Gasteiger partial charge >= 0.3 is 6.09 Å². The monoisotopic (exact) mass is 582 g/mol. The molecule has 0 spiro atoms. The molecule has 0 saturated heterocycles. The molecule has 0 fully saturated rings. The maximum atomic E-state index is 14.7. The summed E-state index contributed by atoms with van der Waals surface area (Å²) in [6.07, 6.45) is -0.918. The van der Waals surface area contributed by atoms with Crippen LogP contribution in [-0.2, 0) is 15.1 Å². The summed E-state index contributed by atoms with van der Waals surface area (Å²) in [7, 11) is 0. The SMILES string of the molecule is NC(=O)C[C@@H](CO)N(C(=O)OCC1c2ccccc2-c2ccccc21)C(c1ccccc1)(c1ccccc1)c1ccccc1. The van der Waals surface area contributed by atoms with Crippen LogP contribution < -0.4 is 5.73 Å². The molecule has 2 amide bonds. The maximum Gasteiger partial charge on any atom is 0.411 e. The Hall–Kier alpha value is -5.20. The van der Waals surface area contributed by atoms with E-state index in [1.54, 1.807) is 0 Å². The lowest BCUT2D eigenvalue weighted by atomic mass is 9.74. The highest BCUT2D eigenvalue weighted by Gasteiger charge is 2.49. The number of hydrogen-bond donors (Lipinski definition) is 2.